The second-order valence-electron chi connectivity index (χ2n) is 3.80. The second kappa shape index (κ2) is 11.9. The maximum atomic E-state index is 2.22. The van der Waals surface area contributed by atoms with Crippen LogP contribution in [0.25, 0.3) is 0 Å². The molecule has 0 bridgehead atoms. The minimum atomic E-state index is 1.31. The molecule has 0 saturated heterocycles. The molecule has 20 heavy (non-hydrogen) atoms. The molecule has 0 aromatic heterocycles. The van der Waals surface area contributed by atoms with Crippen molar-refractivity contribution in [3.05, 3.63) is 59.7 Å². The molecule has 2 heteroatoms. The fraction of sp³-hybridized carbons (Fsp3) is 0.333. The molecule has 110 valence electrons. The monoisotopic (exact) mass is 306 g/mol. The summed E-state index contributed by atoms with van der Waals surface area (Å²) in [6, 6.07) is 17.2. The molecule has 0 spiro atoms. The van der Waals surface area contributed by atoms with Crippen LogP contribution in [0.2, 0.25) is 0 Å². The van der Waals surface area contributed by atoms with Gasteiger partial charge in [0.25, 0.3) is 0 Å². The molecule has 0 heterocycles. The molecule has 0 aliphatic carbocycles. The molecule has 0 radical (unpaired) electrons. The van der Waals surface area contributed by atoms with Gasteiger partial charge < -0.3 is 0 Å². The fourth-order valence-corrected chi connectivity index (χ4v) is 3.56. The quantitative estimate of drug-likeness (QED) is 0.552. The van der Waals surface area contributed by atoms with E-state index in [1.807, 2.05) is 49.3 Å². The standard InChI is InChI=1S/C14H14S2.2C2H6/c1-11-5-3-7-13(9-11)15-16-14-8-4-6-12(2)10-14;2*1-2/h3-10H,1-2H3;2*1-2H3. The van der Waals surface area contributed by atoms with Crippen molar-refractivity contribution in [3.63, 3.8) is 0 Å². The van der Waals surface area contributed by atoms with Crippen LogP contribution in [0, 0.1) is 13.8 Å². The minimum absolute atomic E-state index is 1.31. The molecule has 0 nitrogen and oxygen atoms in total. The molecule has 2 aromatic rings. The van der Waals surface area contributed by atoms with Crippen LogP contribution in [0.5, 0.6) is 0 Å². The number of rotatable bonds is 3. The smallest absolute Gasteiger partial charge is 0.0188 e. The first kappa shape index (κ1) is 19.1. The van der Waals surface area contributed by atoms with Crippen LogP contribution in [-0.4, -0.2) is 0 Å². The van der Waals surface area contributed by atoms with Crippen molar-refractivity contribution in [1.29, 1.82) is 0 Å². The van der Waals surface area contributed by atoms with Crippen LogP contribution in [0.4, 0.5) is 0 Å². The summed E-state index contributed by atoms with van der Waals surface area (Å²) in [7, 11) is 3.63. The van der Waals surface area contributed by atoms with Gasteiger partial charge in [0.1, 0.15) is 0 Å². The highest BCUT2D eigenvalue weighted by atomic mass is 33.1. The third kappa shape index (κ3) is 7.66. The van der Waals surface area contributed by atoms with Crippen LogP contribution >= 0.6 is 21.6 Å². The van der Waals surface area contributed by atoms with Crippen molar-refractivity contribution in [3.8, 4) is 0 Å². The largest absolute Gasteiger partial charge is 0.0683 e. The molecule has 0 saturated carbocycles. The number of aryl methyl sites for hydroxylation is 2. The lowest BCUT2D eigenvalue weighted by Crippen LogP contribution is -1.74. The summed E-state index contributed by atoms with van der Waals surface area (Å²) in [4.78, 5) is 2.62. The first-order valence-corrected chi connectivity index (χ1v) is 9.37. The van der Waals surface area contributed by atoms with Gasteiger partial charge in [-0.25, -0.2) is 0 Å². The summed E-state index contributed by atoms with van der Waals surface area (Å²) < 4.78 is 0. The van der Waals surface area contributed by atoms with Crippen molar-refractivity contribution in [1.82, 2.24) is 0 Å². The summed E-state index contributed by atoms with van der Waals surface area (Å²) in [6.45, 7) is 12.3. The Hall–Kier alpha value is -0.860. The van der Waals surface area contributed by atoms with Gasteiger partial charge in [0.15, 0.2) is 0 Å². The molecule has 2 aromatic carbocycles. The maximum Gasteiger partial charge on any atom is 0.0188 e. The average molecular weight is 307 g/mol. The molecule has 0 N–H and O–H groups in total. The van der Waals surface area contributed by atoms with Gasteiger partial charge in [-0.05, 0) is 49.2 Å². The van der Waals surface area contributed by atoms with Crippen LogP contribution in [-0.2, 0) is 0 Å². The Balaban J connectivity index is 0.000000829. The zero-order chi connectivity index (χ0) is 15.4. The van der Waals surface area contributed by atoms with Crippen molar-refractivity contribution in [2.45, 2.75) is 51.3 Å². The third-order valence-electron chi connectivity index (χ3n) is 2.21. The van der Waals surface area contributed by atoms with E-state index in [0.29, 0.717) is 0 Å². The molecule has 0 atom stereocenters. The molecule has 0 amide bonds. The zero-order valence-electron chi connectivity index (χ0n) is 13.4. The molecule has 0 unspecified atom stereocenters. The predicted octanol–water partition coefficient (Wildman–Crippen LogP) is 7.16. The zero-order valence-corrected chi connectivity index (χ0v) is 15.1. The van der Waals surface area contributed by atoms with Gasteiger partial charge in [0.2, 0.25) is 0 Å². The SMILES string of the molecule is CC.CC.Cc1cccc(SSc2cccc(C)c2)c1. The van der Waals surface area contributed by atoms with Crippen LogP contribution in [0.15, 0.2) is 58.3 Å². The maximum absolute atomic E-state index is 2.22. The van der Waals surface area contributed by atoms with Crippen molar-refractivity contribution in [2.24, 2.45) is 0 Å². The summed E-state index contributed by atoms with van der Waals surface area (Å²) in [5, 5.41) is 0. The van der Waals surface area contributed by atoms with E-state index in [-0.39, 0.29) is 0 Å². The lowest BCUT2D eigenvalue weighted by molar-refractivity contribution is 1.36. The van der Waals surface area contributed by atoms with E-state index >= 15 is 0 Å². The van der Waals surface area contributed by atoms with E-state index in [4.69, 9.17) is 0 Å². The first-order valence-electron chi connectivity index (χ1n) is 7.22. The van der Waals surface area contributed by atoms with Gasteiger partial charge in [-0.15, -0.1) is 0 Å². The Morgan fingerprint density at radius 2 is 0.950 bits per heavy atom. The van der Waals surface area contributed by atoms with E-state index in [1.54, 1.807) is 0 Å². The fourth-order valence-electron chi connectivity index (χ4n) is 1.43. The molecule has 0 aliphatic heterocycles. The normalized spacial score (nSPS) is 8.90. The highest BCUT2D eigenvalue weighted by Crippen LogP contribution is 2.37. The van der Waals surface area contributed by atoms with Gasteiger partial charge in [0, 0.05) is 9.79 Å². The Labute approximate surface area is 132 Å². The Morgan fingerprint density at radius 1 is 0.600 bits per heavy atom. The van der Waals surface area contributed by atoms with Gasteiger partial charge in [-0.3, -0.25) is 0 Å². The second-order valence-corrected chi connectivity index (χ2v) is 6.08. The highest BCUT2D eigenvalue weighted by molar-refractivity contribution is 8.76. The van der Waals surface area contributed by atoms with E-state index in [9.17, 15) is 0 Å². The van der Waals surface area contributed by atoms with Crippen LogP contribution in [0.1, 0.15) is 38.8 Å². The van der Waals surface area contributed by atoms with Gasteiger partial charge >= 0.3 is 0 Å². The number of benzene rings is 2. The van der Waals surface area contributed by atoms with Gasteiger partial charge in [-0.1, -0.05) is 73.5 Å². The summed E-state index contributed by atoms with van der Waals surface area (Å²) >= 11 is 0. The van der Waals surface area contributed by atoms with Gasteiger partial charge in [0.05, 0.1) is 0 Å². The molecular formula is C18H26S2. The molecule has 0 aliphatic rings. The molecule has 0 fully saturated rings. The van der Waals surface area contributed by atoms with E-state index in [1.165, 1.54) is 20.9 Å². The summed E-state index contributed by atoms with van der Waals surface area (Å²) in [6.07, 6.45) is 0. The summed E-state index contributed by atoms with van der Waals surface area (Å²) in [5.74, 6) is 0. The van der Waals surface area contributed by atoms with E-state index in [0.717, 1.165) is 0 Å². The average Bonchev–Trinajstić information content (AvgIpc) is 2.50. The Kier molecular flexibility index (Phi) is 11.4. The Morgan fingerprint density at radius 3 is 1.25 bits per heavy atom. The molecular weight excluding hydrogens is 280 g/mol. The number of hydrogen-bond acceptors (Lipinski definition) is 2. The van der Waals surface area contributed by atoms with Crippen LogP contribution in [0.3, 0.4) is 0 Å². The van der Waals surface area contributed by atoms with Gasteiger partial charge in [-0.2, -0.15) is 0 Å². The van der Waals surface area contributed by atoms with Crippen molar-refractivity contribution < 1.29 is 0 Å². The Bertz CT molecular complexity index is 433. The van der Waals surface area contributed by atoms with Crippen molar-refractivity contribution in [2.75, 3.05) is 0 Å². The third-order valence-corrected chi connectivity index (χ3v) is 4.59. The lowest BCUT2D eigenvalue weighted by atomic mass is 10.2. The lowest BCUT2D eigenvalue weighted by Gasteiger charge is -2.02. The molecule has 2 rings (SSSR count). The minimum Gasteiger partial charge on any atom is -0.0683 e. The predicted molar refractivity (Wildman–Crippen MR) is 96.8 cm³/mol. The first-order chi connectivity index (χ1) is 9.74. The van der Waals surface area contributed by atoms with E-state index in [2.05, 4.69) is 62.4 Å². The van der Waals surface area contributed by atoms with E-state index < -0.39 is 0 Å². The van der Waals surface area contributed by atoms with Crippen molar-refractivity contribution >= 4 is 21.6 Å². The summed E-state index contributed by atoms with van der Waals surface area (Å²) in [5.41, 5.74) is 2.63. The highest BCUT2D eigenvalue weighted by Gasteiger charge is 1.97. The number of hydrogen-bond donors (Lipinski definition) is 0. The van der Waals surface area contributed by atoms with Crippen LogP contribution < -0.4 is 0 Å². The topological polar surface area (TPSA) is 0 Å².